The first-order chi connectivity index (χ1) is 12.5. The van der Waals surface area contributed by atoms with Gasteiger partial charge in [0.15, 0.2) is 0 Å². The first kappa shape index (κ1) is 18.7. The number of nitrogens with one attached hydrogen (secondary N) is 1. The van der Waals surface area contributed by atoms with Crippen molar-refractivity contribution in [3.8, 4) is 11.5 Å². The molecule has 0 aromatic heterocycles. The predicted molar refractivity (Wildman–Crippen MR) is 110 cm³/mol. The Morgan fingerprint density at radius 2 is 1.92 bits per heavy atom. The summed E-state index contributed by atoms with van der Waals surface area (Å²) in [5.41, 5.74) is 6.24. The summed E-state index contributed by atoms with van der Waals surface area (Å²) in [5, 5.41) is 3.25. The van der Waals surface area contributed by atoms with E-state index >= 15 is 0 Å². The van der Waals surface area contributed by atoms with Gasteiger partial charge in [0.1, 0.15) is 18.1 Å². The number of benzene rings is 2. The molecule has 0 atom stereocenters. The molecule has 2 aromatic carbocycles. The van der Waals surface area contributed by atoms with Crippen LogP contribution in [0.4, 0.5) is 0 Å². The van der Waals surface area contributed by atoms with Gasteiger partial charge in [-0.2, -0.15) is 0 Å². The van der Waals surface area contributed by atoms with Gasteiger partial charge in [-0.25, -0.2) is 0 Å². The van der Waals surface area contributed by atoms with Gasteiger partial charge in [0.05, 0.1) is 0 Å². The Balaban J connectivity index is 1.87. The molecule has 1 saturated carbocycles. The number of thiocarbonyl (C=S) groups is 1. The second kappa shape index (κ2) is 8.09. The van der Waals surface area contributed by atoms with Crippen molar-refractivity contribution in [1.82, 2.24) is 5.32 Å². The molecule has 2 aromatic rings. The third-order valence-electron chi connectivity index (χ3n) is 4.98. The van der Waals surface area contributed by atoms with Crippen LogP contribution in [0.3, 0.4) is 0 Å². The van der Waals surface area contributed by atoms with E-state index in [2.05, 4.69) is 44.3 Å². The van der Waals surface area contributed by atoms with Crippen LogP contribution in [0.15, 0.2) is 30.3 Å². The summed E-state index contributed by atoms with van der Waals surface area (Å²) < 4.78 is 12.1. The number of aryl methyl sites for hydroxylation is 3. The van der Waals surface area contributed by atoms with Crippen molar-refractivity contribution in [2.45, 2.75) is 52.6 Å². The fourth-order valence-electron chi connectivity index (χ4n) is 3.30. The average Bonchev–Trinajstić information content (AvgIpc) is 3.47. The second-order valence-corrected chi connectivity index (χ2v) is 7.29. The Hall–Kier alpha value is -2.07. The van der Waals surface area contributed by atoms with Crippen LogP contribution in [0.2, 0.25) is 0 Å². The van der Waals surface area contributed by atoms with Crippen LogP contribution < -0.4 is 14.8 Å². The molecule has 3 rings (SSSR count). The highest BCUT2D eigenvalue weighted by atomic mass is 32.1. The number of rotatable bonds is 6. The van der Waals surface area contributed by atoms with E-state index in [9.17, 15) is 0 Å². The van der Waals surface area contributed by atoms with Crippen molar-refractivity contribution in [1.29, 1.82) is 0 Å². The zero-order valence-corrected chi connectivity index (χ0v) is 16.8. The van der Waals surface area contributed by atoms with E-state index in [0.717, 1.165) is 23.5 Å². The van der Waals surface area contributed by atoms with E-state index in [1.54, 1.807) is 7.05 Å². The average molecular weight is 370 g/mol. The van der Waals surface area contributed by atoms with Gasteiger partial charge in [-0.1, -0.05) is 25.1 Å². The first-order valence-corrected chi connectivity index (χ1v) is 9.68. The fourth-order valence-corrected chi connectivity index (χ4v) is 3.39. The smallest absolute Gasteiger partial charge is 0.261 e. The standard InChI is InChI=1S/C22H27NO2S/c1-5-16-11-15(3)21(12-14(16)2)24-13-19-18(17-9-10-17)7-6-8-20(19)25-22(26)23-4/h6-8,11-12,17H,5,9-10,13H2,1-4H3,(H,23,26). The minimum Gasteiger partial charge on any atom is -0.488 e. The third kappa shape index (κ3) is 4.18. The summed E-state index contributed by atoms with van der Waals surface area (Å²) >= 11 is 5.19. The van der Waals surface area contributed by atoms with Crippen molar-refractivity contribution in [2.75, 3.05) is 7.05 Å². The van der Waals surface area contributed by atoms with Gasteiger partial charge in [-0.3, -0.25) is 0 Å². The Kier molecular flexibility index (Phi) is 5.82. The molecule has 1 aliphatic carbocycles. The molecule has 0 radical (unpaired) electrons. The summed E-state index contributed by atoms with van der Waals surface area (Å²) in [6.07, 6.45) is 3.50. The lowest BCUT2D eigenvalue weighted by Gasteiger charge is -2.18. The minimum atomic E-state index is 0.374. The maximum Gasteiger partial charge on any atom is 0.261 e. The molecule has 1 aliphatic rings. The monoisotopic (exact) mass is 369 g/mol. The Morgan fingerprint density at radius 1 is 1.15 bits per heavy atom. The number of hydrogen-bond acceptors (Lipinski definition) is 3. The van der Waals surface area contributed by atoms with Gasteiger partial charge in [-0.05, 0) is 85.6 Å². The molecule has 1 N–H and O–H groups in total. The van der Waals surface area contributed by atoms with Gasteiger partial charge < -0.3 is 14.8 Å². The minimum absolute atomic E-state index is 0.374. The molecule has 0 bridgehead atoms. The largest absolute Gasteiger partial charge is 0.488 e. The third-order valence-corrected chi connectivity index (χ3v) is 5.27. The summed E-state index contributed by atoms with van der Waals surface area (Å²) in [6.45, 7) is 6.92. The Bertz CT molecular complexity index is 812. The van der Waals surface area contributed by atoms with Crippen LogP contribution in [0, 0.1) is 13.8 Å². The molecule has 0 aliphatic heterocycles. The van der Waals surface area contributed by atoms with Gasteiger partial charge in [0, 0.05) is 12.6 Å². The summed E-state index contributed by atoms with van der Waals surface area (Å²) in [7, 11) is 1.77. The highest BCUT2D eigenvalue weighted by Gasteiger charge is 2.28. The van der Waals surface area contributed by atoms with E-state index in [4.69, 9.17) is 21.7 Å². The van der Waals surface area contributed by atoms with Gasteiger partial charge in [0.2, 0.25) is 0 Å². The van der Waals surface area contributed by atoms with Gasteiger partial charge in [-0.15, -0.1) is 0 Å². The van der Waals surface area contributed by atoms with Crippen molar-refractivity contribution >= 4 is 17.4 Å². The van der Waals surface area contributed by atoms with Crippen molar-refractivity contribution in [3.63, 3.8) is 0 Å². The number of hydrogen-bond donors (Lipinski definition) is 1. The van der Waals surface area contributed by atoms with Crippen LogP contribution >= 0.6 is 12.2 Å². The van der Waals surface area contributed by atoms with E-state index in [1.165, 1.54) is 35.1 Å². The molecule has 26 heavy (non-hydrogen) atoms. The molecule has 138 valence electrons. The lowest BCUT2D eigenvalue weighted by atomic mass is 10.0. The van der Waals surface area contributed by atoms with Crippen LogP contribution in [0.1, 0.15) is 53.5 Å². The van der Waals surface area contributed by atoms with Gasteiger partial charge >= 0.3 is 0 Å². The predicted octanol–water partition coefficient (Wildman–Crippen LogP) is 5.21. The fraction of sp³-hybridized carbons (Fsp3) is 0.409. The molecule has 1 fully saturated rings. The first-order valence-electron chi connectivity index (χ1n) is 9.27. The maximum atomic E-state index is 6.23. The van der Waals surface area contributed by atoms with Crippen LogP contribution in [0.5, 0.6) is 11.5 Å². The highest BCUT2D eigenvalue weighted by Crippen LogP contribution is 2.44. The van der Waals surface area contributed by atoms with Crippen molar-refractivity contribution in [2.24, 2.45) is 0 Å². The summed E-state index contributed by atoms with van der Waals surface area (Å²) in [5.74, 6) is 2.34. The van der Waals surface area contributed by atoms with Gasteiger partial charge in [0.25, 0.3) is 5.17 Å². The summed E-state index contributed by atoms with van der Waals surface area (Å²) in [6, 6.07) is 10.6. The quantitative estimate of drug-likeness (QED) is 0.709. The maximum absolute atomic E-state index is 6.23. The lowest BCUT2D eigenvalue weighted by molar-refractivity contribution is 0.298. The normalized spacial score (nSPS) is 13.4. The van der Waals surface area contributed by atoms with E-state index < -0.39 is 0 Å². The lowest BCUT2D eigenvalue weighted by Crippen LogP contribution is -2.22. The van der Waals surface area contributed by atoms with Crippen LogP contribution in [-0.2, 0) is 13.0 Å². The van der Waals surface area contributed by atoms with E-state index in [0.29, 0.717) is 17.7 Å². The number of ether oxygens (including phenoxy) is 2. The molecular formula is C22H27NO2S. The molecule has 0 saturated heterocycles. The molecule has 0 amide bonds. The van der Waals surface area contributed by atoms with Crippen molar-refractivity contribution in [3.05, 3.63) is 58.1 Å². The SMILES string of the molecule is CCc1cc(C)c(OCc2c(OC(=S)NC)cccc2C2CC2)cc1C. The topological polar surface area (TPSA) is 30.5 Å². The molecule has 4 heteroatoms. The molecule has 0 unspecified atom stereocenters. The summed E-state index contributed by atoms with van der Waals surface area (Å²) in [4.78, 5) is 0. The Labute approximate surface area is 161 Å². The molecule has 0 heterocycles. The highest BCUT2D eigenvalue weighted by molar-refractivity contribution is 7.80. The second-order valence-electron chi connectivity index (χ2n) is 6.92. The Morgan fingerprint density at radius 3 is 2.58 bits per heavy atom. The molecular weight excluding hydrogens is 342 g/mol. The van der Waals surface area contributed by atoms with E-state index in [1.807, 2.05) is 12.1 Å². The van der Waals surface area contributed by atoms with Crippen LogP contribution in [0.25, 0.3) is 0 Å². The zero-order valence-electron chi connectivity index (χ0n) is 16.0. The van der Waals surface area contributed by atoms with Crippen LogP contribution in [-0.4, -0.2) is 12.2 Å². The van der Waals surface area contributed by atoms with E-state index in [-0.39, 0.29) is 0 Å². The van der Waals surface area contributed by atoms with Crippen molar-refractivity contribution < 1.29 is 9.47 Å². The zero-order chi connectivity index (χ0) is 18.7. The molecule has 0 spiro atoms. The molecule has 3 nitrogen and oxygen atoms in total.